The van der Waals surface area contributed by atoms with E-state index in [9.17, 15) is 19.5 Å². The van der Waals surface area contributed by atoms with E-state index in [4.69, 9.17) is 0 Å². The molecule has 0 aliphatic heterocycles. The molecule has 1 aromatic heterocycles. The lowest BCUT2D eigenvalue weighted by molar-refractivity contribution is -0.388. The predicted molar refractivity (Wildman–Crippen MR) is 63.1 cm³/mol. The second-order valence-corrected chi connectivity index (χ2v) is 4.19. The zero-order valence-electron chi connectivity index (χ0n) is 9.44. The molecule has 0 saturated heterocycles. The van der Waals surface area contributed by atoms with Crippen LogP contribution < -0.4 is 0 Å². The van der Waals surface area contributed by atoms with Gasteiger partial charge in [-0.3, -0.25) is 10.1 Å². The van der Waals surface area contributed by atoms with Crippen molar-refractivity contribution in [1.29, 1.82) is 0 Å². The Labute approximate surface area is 106 Å². The molecule has 1 heterocycles. The lowest BCUT2D eigenvalue weighted by Gasteiger charge is -2.03. The Balaban J connectivity index is 2.87. The quantitative estimate of drug-likeness (QED) is 0.261. The number of hydrogen-bond acceptors (Lipinski definition) is 6. The van der Waals surface area contributed by atoms with E-state index in [2.05, 4.69) is 9.72 Å². The van der Waals surface area contributed by atoms with Gasteiger partial charge in [0.1, 0.15) is 5.41 Å². The number of aromatic nitrogens is 1. The van der Waals surface area contributed by atoms with Gasteiger partial charge in [-0.1, -0.05) is 0 Å². The Kier molecular flexibility index (Phi) is 5.28. The zero-order chi connectivity index (χ0) is 13.5. The summed E-state index contributed by atoms with van der Waals surface area (Å²) in [7, 11) is 0. The first kappa shape index (κ1) is 14.1. The monoisotopic (exact) mass is 270 g/mol. The summed E-state index contributed by atoms with van der Waals surface area (Å²) < 4.78 is 16.3. The van der Waals surface area contributed by atoms with Gasteiger partial charge < -0.3 is 9.29 Å². The van der Waals surface area contributed by atoms with E-state index in [0.717, 1.165) is 11.5 Å². The van der Waals surface area contributed by atoms with Crippen molar-refractivity contribution in [2.45, 2.75) is 11.9 Å². The smallest absolute Gasteiger partial charge is 0.344 e. The fourth-order valence-corrected chi connectivity index (χ4v) is 1.93. The van der Waals surface area contributed by atoms with E-state index < -0.39 is 22.1 Å². The average Bonchev–Trinajstić information content (AvgIpc) is 2.36. The second-order valence-electron chi connectivity index (χ2n) is 2.94. The first-order chi connectivity index (χ1) is 8.56. The molecule has 96 valence electrons. The SMILES string of the molecule is CCOC(=O)/C=C/[S+]([O-])c1ncccc1[N+](=O)[O-]. The van der Waals surface area contributed by atoms with Gasteiger partial charge in [0.05, 0.1) is 17.6 Å². The summed E-state index contributed by atoms with van der Waals surface area (Å²) in [6.45, 7) is 1.83. The van der Waals surface area contributed by atoms with Gasteiger partial charge >= 0.3 is 16.7 Å². The fourth-order valence-electron chi connectivity index (χ4n) is 1.05. The molecule has 0 spiro atoms. The van der Waals surface area contributed by atoms with Crippen molar-refractivity contribution in [3.05, 3.63) is 39.9 Å². The summed E-state index contributed by atoms with van der Waals surface area (Å²) in [6.07, 6.45) is 2.25. The van der Waals surface area contributed by atoms with Crippen LogP contribution in [0.25, 0.3) is 0 Å². The summed E-state index contributed by atoms with van der Waals surface area (Å²) in [6, 6.07) is 2.56. The van der Waals surface area contributed by atoms with Gasteiger partial charge in [-0.15, -0.1) is 0 Å². The van der Waals surface area contributed by atoms with E-state index in [1.54, 1.807) is 6.92 Å². The first-order valence-corrected chi connectivity index (χ1v) is 6.12. The van der Waals surface area contributed by atoms with Crippen LogP contribution in [0.3, 0.4) is 0 Å². The third-order valence-corrected chi connectivity index (χ3v) is 2.83. The van der Waals surface area contributed by atoms with Crippen LogP contribution in [0.15, 0.2) is 34.8 Å². The molecule has 0 aliphatic rings. The highest BCUT2D eigenvalue weighted by Crippen LogP contribution is 2.21. The van der Waals surface area contributed by atoms with Crippen LogP contribution in [0.1, 0.15) is 6.92 Å². The van der Waals surface area contributed by atoms with Crippen LogP contribution >= 0.6 is 0 Å². The minimum atomic E-state index is -1.87. The summed E-state index contributed by atoms with van der Waals surface area (Å²) in [4.78, 5) is 24.7. The Morgan fingerprint density at radius 2 is 2.39 bits per heavy atom. The number of pyridine rings is 1. The Hall–Kier alpha value is -1.93. The summed E-state index contributed by atoms with van der Waals surface area (Å²) in [5.41, 5.74) is -0.357. The summed E-state index contributed by atoms with van der Waals surface area (Å²) in [5, 5.41) is 11.5. The van der Waals surface area contributed by atoms with Gasteiger partial charge in [0.2, 0.25) is 0 Å². The topological polar surface area (TPSA) is 105 Å². The van der Waals surface area contributed by atoms with E-state index >= 15 is 0 Å². The normalized spacial score (nSPS) is 12.3. The molecule has 0 aliphatic carbocycles. The zero-order valence-corrected chi connectivity index (χ0v) is 10.3. The standard InChI is InChI=1S/C10H10N2O5S/c1-2-17-9(13)5-7-18(16)10-8(12(14)15)4-3-6-11-10/h3-7H,2H2,1H3/b7-5+. The molecule has 8 heteroatoms. The second kappa shape index (κ2) is 6.72. The number of esters is 1. The van der Waals surface area contributed by atoms with Crippen molar-refractivity contribution < 1.29 is 19.0 Å². The van der Waals surface area contributed by atoms with Crippen molar-refractivity contribution in [3.63, 3.8) is 0 Å². The van der Waals surface area contributed by atoms with Crippen LogP contribution in [0.4, 0.5) is 5.69 Å². The maximum atomic E-state index is 11.7. The van der Waals surface area contributed by atoms with Gasteiger partial charge in [-0.25, -0.2) is 9.78 Å². The van der Waals surface area contributed by atoms with Crippen molar-refractivity contribution in [2.24, 2.45) is 0 Å². The highest BCUT2D eigenvalue weighted by molar-refractivity contribution is 7.94. The highest BCUT2D eigenvalue weighted by Gasteiger charge is 2.24. The van der Waals surface area contributed by atoms with Crippen molar-refractivity contribution >= 4 is 22.8 Å². The summed E-state index contributed by atoms with van der Waals surface area (Å²) >= 11 is -1.87. The van der Waals surface area contributed by atoms with E-state index in [1.807, 2.05) is 0 Å². The van der Waals surface area contributed by atoms with Crippen molar-refractivity contribution in [1.82, 2.24) is 4.98 Å². The Morgan fingerprint density at radius 3 is 3.00 bits per heavy atom. The third kappa shape index (κ3) is 3.82. The average molecular weight is 270 g/mol. The minimum Gasteiger partial charge on any atom is -0.606 e. The predicted octanol–water partition coefficient (Wildman–Crippen LogP) is 1.17. The van der Waals surface area contributed by atoms with Crippen LogP contribution in [0, 0.1) is 10.1 Å². The molecule has 7 nitrogen and oxygen atoms in total. The van der Waals surface area contributed by atoms with Crippen LogP contribution in [-0.4, -0.2) is 27.0 Å². The molecule has 1 rings (SSSR count). The van der Waals surface area contributed by atoms with E-state index in [0.29, 0.717) is 0 Å². The Morgan fingerprint density at radius 1 is 1.67 bits per heavy atom. The lowest BCUT2D eigenvalue weighted by Crippen LogP contribution is -2.06. The molecular weight excluding hydrogens is 260 g/mol. The summed E-state index contributed by atoms with van der Waals surface area (Å²) in [5.74, 6) is -0.663. The number of rotatable bonds is 5. The molecule has 0 saturated carbocycles. The lowest BCUT2D eigenvalue weighted by atomic mass is 10.4. The first-order valence-electron chi connectivity index (χ1n) is 4.91. The number of nitro groups is 1. The van der Waals surface area contributed by atoms with Gasteiger partial charge in [0.15, 0.2) is 0 Å². The van der Waals surface area contributed by atoms with Crippen molar-refractivity contribution in [3.8, 4) is 0 Å². The molecule has 1 unspecified atom stereocenters. The van der Waals surface area contributed by atoms with E-state index in [-0.39, 0.29) is 17.3 Å². The van der Waals surface area contributed by atoms with Gasteiger partial charge in [-0.2, -0.15) is 0 Å². The van der Waals surface area contributed by atoms with Crippen LogP contribution in [0.2, 0.25) is 0 Å². The van der Waals surface area contributed by atoms with Crippen LogP contribution in [0.5, 0.6) is 0 Å². The molecule has 0 bridgehead atoms. The molecule has 0 aromatic carbocycles. The maximum absolute atomic E-state index is 11.7. The fraction of sp³-hybridized carbons (Fsp3) is 0.200. The molecule has 1 atom stereocenters. The van der Waals surface area contributed by atoms with E-state index in [1.165, 1.54) is 18.3 Å². The van der Waals surface area contributed by atoms with Crippen LogP contribution in [-0.2, 0) is 20.7 Å². The van der Waals surface area contributed by atoms with Gasteiger partial charge in [-0.05, 0) is 13.0 Å². The number of ether oxygens (including phenoxy) is 1. The number of carbonyl (C=O) groups excluding carboxylic acids is 1. The number of carbonyl (C=O) groups is 1. The molecular formula is C10H10N2O5S. The molecule has 0 fully saturated rings. The van der Waals surface area contributed by atoms with Gasteiger partial charge in [0, 0.05) is 23.4 Å². The third-order valence-electron chi connectivity index (χ3n) is 1.75. The molecule has 0 amide bonds. The molecule has 0 N–H and O–H groups in total. The molecule has 1 aromatic rings. The number of hydrogen-bond donors (Lipinski definition) is 0. The highest BCUT2D eigenvalue weighted by atomic mass is 32.2. The van der Waals surface area contributed by atoms with Gasteiger partial charge in [0.25, 0.3) is 0 Å². The number of nitrogens with zero attached hydrogens (tertiary/aromatic N) is 2. The van der Waals surface area contributed by atoms with Crippen molar-refractivity contribution in [2.75, 3.05) is 6.61 Å². The molecule has 0 radical (unpaired) electrons. The largest absolute Gasteiger partial charge is 0.606 e. The Bertz CT molecular complexity index is 477. The minimum absolute atomic E-state index is 0.194. The maximum Gasteiger partial charge on any atom is 0.344 e. The molecule has 18 heavy (non-hydrogen) atoms.